The van der Waals surface area contributed by atoms with Crippen LogP contribution >= 0.6 is 0 Å². The van der Waals surface area contributed by atoms with Crippen LogP contribution in [0.5, 0.6) is 5.75 Å². The average Bonchev–Trinajstić information content (AvgIpc) is 3.14. The fourth-order valence-electron chi connectivity index (χ4n) is 3.95. The fourth-order valence-corrected chi connectivity index (χ4v) is 3.95. The van der Waals surface area contributed by atoms with Gasteiger partial charge in [0.1, 0.15) is 5.69 Å². The van der Waals surface area contributed by atoms with E-state index in [2.05, 4.69) is 16.9 Å². The van der Waals surface area contributed by atoms with Crippen molar-refractivity contribution in [2.24, 2.45) is 11.7 Å². The molecule has 0 radical (unpaired) electrons. The maximum absolute atomic E-state index is 13.5. The van der Waals surface area contributed by atoms with Crippen molar-refractivity contribution < 1.29 is 13.9 Å². The zero-order valence-corrected chi connectivity index (χ0v) is 16.4. The molecule has 1 aromatic carbocycles. The molecule has 1 saturated carbocycles. The van der Waals surface area contributed by atoms with Gasteiger partial charge in [-0.25, -0.2) is 4.39 Å². The van der Waals surface area contributed by atoms with Gasteiger partial charge in [0.2, 0.25) is 0 Å². The Morgan fingerprint density at radius 1 is 1.28 bits per heavy atom. The minimum atomic E-state index is -0.702. The summed E-state index contributed by atoms with van der Waals surface area (Å²) in [6.45, 7) is 2.24. The third-order valence-corrected chi connectivity index (χ3v) is 5.37. The molecule has 2 heterocycles. The third-order valence-electron chi connectivity index (χ3n) is 5.37. The van der Waals surface area contributed by atoms with Crippen molar-refractivity contribution in [1.29, 1.82) is 0 Å². The predicted molar refractivity (Wildman–Crippen MR) is 110 cm³/mol. The smallest absolute Gasteiger partial charge is 0.268 e. The quantitative estimate of drug-likeness (QED) is 0.703. The Balaban J connectivity index is 0.000000166. The minimum absolute atomic E-state index is 0.00403. The second-order valence-electron chi connectivity index (χ2n) is 7.17. The molecule has 1 amide bonds. The number of hydrogen-bond donors (Lipinski definition) is 2. The zero-order chi connectivity index (χ0) is 21.0. The molecule has 1 aliphatic rings. The van der Waals surface area contributed by atoms with E-state index in [0.717, 1.165) is 12.0 Å². The summed E-state index contributed by atoms with van der Waals surface area (Å²) in [7, 11) is 1.54. The molecule has 1 fully saturated rings. The minimum Gasteiger partial charge on any atom is -0.493 e. The number of primary amides is 1. The van der Waals surface area contributed by atoms with Gasteiger partial charge in [-0.1, -0.05) is 31.9 Å². The Hall–Kier alpha value is -3.22. The lowest BCUT2D eigenvalue weighted by Crippen LogP contribution is -2.17. The number of para-hydroxylation sites is 1. The van der Waals surface area contributed by atoms with E-state index in [4.69, 9.17) is 10.5 Å². The Bertz CT molecular complexity index is 1080. The number of halogens is 1. The number of carbonyl (C=O) groups is 1. The molecule has 3 N–H and O–H groups in total. The van der Waals surface area contributed by atoms with E-state index < -0.39 is 5.91 Å². The predicted octanol–water partition coefficient (Wildman–Crippen LogP) is 3.76. The first-order chi connectivity index (χ1) is 13.9. The van der Waals surface area contributed by atoms with Crippen molar-refractivity contribution in [1.82, 2.24) is 9.97 Å². The van der Waals surface area contributed by atoms with E-state index in [0.29, 0.717) is 23.1 Å². The van der Waals surface area contributed by atoms with Gasteiger partial charge >= 0.3 is 0 Å². The molecule has 0 saturated heterocycles. The molecular weight excluding hydrogens is 373 g/mol. The Kier molecular flexibility index (Phi) is 6.26. The summed E-state index contributed by atoms with van der Waals surface area (Å²) in [6, 6.07) is 8.17. The van der Waals surface area contributed by atoms with Gasteiger partial charge in [-0.2, -0.15) is 0 Å². The van der Waals surface area contributed by atoms with Gasteiger partial charge in [-0.15, -0.1) is 0 Å². The van der Waals surface area contributed by atoms with Gasteiger partial charge in [-0.05, 0) is 30.4 Å². The van der Waals surface area contributed by atoms with Crippen LogP contribution in [0.2, 0.25) is 0 Å². The first kappa shape index (κ1) is 20.5. The van der Waals surface area contributed by atoms with Gasteiger partial charge in [0.25, 0.3) is 5.91 Å². The summed E-state index contributed by atoms with van der Waals surface area (Å²) in [5.41, 5.74) is 6.44. The number of pyridine rings is 2. The summed E-state index contributed by atoms with van der Waals surface area (Å²) < 4.78 is 18.7. The largest absolute Gasteiger partial charge is 0.493 e. The molecular formula is C22H24FN3O3. The number of aromatic nitrogens is 2. The highest BCUT2D eigenvalue weighted by Gasteiger charge is 2.28. The van der Waals surface area contributed by atoms with Crippen molar-refractivity contribution in [2.75, 3.05) is 7.11 Å². The van der Waals surface area contributed by atoms with Crippen molar-refractivity contribution in [2.45, 2.75) is 32.1 Å². The van der Waals surface area contributed by atoms with Gasteiger partial charge in [-0.3, -0.25) is 14.6 Å². The maximum atomic E-state index is 13.5. The Morgan fingerprint density at radius 2 is 2.07 bits per heavy atom. The lowest BCUT2D eigenvalue weighted by Gasteiger charge is -2.18. The van der Waals surface area contributed by atoms with Crippen LogP contribution in [-0.4, -0.2) is 23.0 Å². The number of carbonyl (C=O) groups excluding carboxylic acids is 1. The number of amides is 1. The molecule has 3 aromatic rings. The number of aromatic amines is 1. The van der Waals surface area contributed by atoms with Gasteiger partial charge < -0.3 is 15.5 Å². The number of nitrogens with one attached hydrogen (secondary N) is 1. The lowest BCUT2D eigenvalue weighted by molar-refractivity contribution is 0.0997. The molecule has 6 nitrogen and oxygen atoms in total. The molecule has 7 heteroatoms. The SMILES string of the molecule is COc1c(F)cccc1C1CCCC1C.NC(=O)c1nccc2[nH]ccc(=O)c12. The Morgan fingerprint density at radius 3 is 2.72 bits per heavy atom. The average molecular weight is 397 g/mol. The molecule has 0 aliphatic heterocycles. The second kappa shape index (κ2) is 8.86. The number of rotatable bonds is 3. The normalized spacial score (nSPS) is 18.2. The number of nitrogens with two attached hydrogens (primary N) is 1. The van der Waals surface area contributed by atoms with Crippen molar-refractivity contribution in [3.8, 4) is 5.75 Å². The maximum Gasteiger partial charge on any atom is 0.268 e. The molecule has 152 valence electrons. The van der Waals surface area contributed by atoms with Crippen LogP contribution in [0.25, 0.3) is 10.9 Å². The number of methoxy groups -OCH3 is 1. The van der Waals surface area contributed by atoms with Crippen LogP contribution in [0.3, 0.4) is 0 Å². The lowest BCUT2D eigenvalue weighted by atomic mass is 9.89. The van der Waals surface area contributed by atoms with Crippen molar-refractivity contribution >= 4 is 16.8 Å². The Labute approximate surface area is 167 Å². The molecule has 2 atom stereocenters. The van der Waals surface area contributed by atoms with E-state index in [-0.39, 0.29) is 22.3 Å². The van der Waals surface area contributed by atoms with Crippen LogP contribution in [0.15, 0.2) is 47.5 Å². The number of ether oxygens (including phenoxy) is 1. The molecule has 2 aromatic heterocycles. The zero-order valence-electron chi connectivity index (χ0n) is 16.4. The van der Waals surface area contributed by atoms with E-state index in [1.807, 2.05) is 6.07 Å². The number of nitrogens with zero attached hydrogens (tertiary/aromatic N) is 1. The summed E-state index contributed by atoms with van der Waals surface area (Å²) in [5.74, 6) is 0.606. The second-order valence-corrected chi connectivity index (χ2v) is 7.17. The number of fused-ring (bicyclic) bond motifs is 1. The van der Waals surface area contributed by atoms with Gasteiger partial charge in [0, 0.05) is 24.0 Å². The van der Waals surface area contributed by atoms with Crippen LogP contribution in [0, 0.1) is 11.7 Å². The number of benzene rings is 1. The first-order valence-corrected chi connectivity index (χ1v) is 9.52. The van der Waals surface area contributed by atoms with Crippen molar-refractivity contribution in [3.05, 3.63) is 70.0 Å². The fraction of sp³-hybridized carbons (Fsp3) is 0.318. The highest BCUT2D eigenvalue weighted by molar-refractivity contribution is 6.03. The monoisotopic (exact) mass is 397 g/mol. The number of hydrogen-bond acceptors (Lipinski definition) is 4. The summed E-state index contributed by atoms with van der Waals surface area (Å²) in [5, 5.41) is 0.238. The molecule has 0 spiro atoms. The van der Waals surface area contributed by atoms with Crippen LogP contribution in [0.4, 0.5) is 4.39 Å². The summed E-state index contributed by atoms with van der Waals surface area (Å²) in [4.78, 5) is 29.0. The highest BCUT2D eigenvalue weighted by atomic mass is 19.1. The van der Waals surface area contributed by atoms with Crippen molar-refractivity contribution in [3.63, 3.8) is 0 Å². The topological polar surface area (TPSA) is 98.1 Å². The van der Waals surface area contributed by atoms with E-state index in [1.165, 1.54) is 37.4 Å². The van der Waals surface area contributed by atoms with Gasteiger partial charge in [0.05, 0.1) is 18.0 Å². The first-order valence-electron chi connectivity index (χ1n) is 9.52. The highest BCUT2D eigenvalue weighted by Crippen LogP contribution is 2.43. The van der Waals surface area contributed by atoms with Crippen LogP contribution in [-0.2, 0) is 0 Å². The molecule has 4 rings (SSSR count). The summed E-state index contributed by atoms with van der Waals surface area (Å²) in [6.07, 6.45) is 6.57. The van der Waals surface area contributed by atoms with Crippen LogP contribution < -0.4 is 15.9 Å². The molecule has 29 heavy (non-hydrogen) atoms. The van der Waals surface area contributed by atoms with E-state index in [9.17, 15) is 14.0 Å². The van der Waals surface area contributed by atoms with E-state index in [1.54, 1.807) is 19.2 Å². The summed E-state index contributed by atoms with van der Waals surface area (Å²) >= 11 is 0. The number of H-pyrrole nitrogens is 1. The molecule has 2 unspecified atom stereocenters. The standard InChI is InChI=1S/C13H17FO.C9H7N3O2/c1-9-5-3-6-10(9)11-7-4-8-12(14)13(11)15-2;10-9(14)8-7-5(1-3-12-8)11-4-2-6(7)13/h4,7-10H,3,5-6H2,1-2H3;1-4H,(H2,10,14)(H,11,13). The van der Waals surface area contributed by atoms with Gasteiger partial charge in [0.15, 0.2) is 17.0 Å². The van der Waals surface area contributed by atoms with E-state index >= 15 is 0 Å². The van der Waals surface area contributed by atoms with Crippen LogP contribution in [0.1, 0.15) is 48.2 Å². The molecule has 1 aliphatic carbocycles. The molecule has 0 bridgehead atoms. The third kappa shape index (κ3) is 4.29.